The van der Waals surface area contributed by atoms with Crippen molar-refractivity contribution in [2.45, 2.75) is 6.92 Å². The van der Waals surface area contributed by atoms with Crippen molar-refractivity contribution in [3.63, 3.8) is 0 Å². The quantitative estimate of drug-likeness (QED) is 0.840. The van der Waals surface area contributed by atoms with Gasteiger partial charge in [-0.25, -0.2) is 0 Å². The summed E-state index contributed by atoms with van der Waals surface area (Å²) in [5.74, 6) is 0. The Morgan fingerprint density at radius 1 is 1.42 bits per heavy atom. The molecule has 0 fully saturated rings. The summed E-state index contributed by atoms with van der Waals surface area (Å²) in [6.07, 6.45) is 0. The van der Waals surface area contributed by atoms with E-state index in [1.165, 1.54) is 0 Å². The van der Waals surface area contributed by atoms with E-state index in [0.29, 0.717) is 10.2 Å². The van der Waals surface area contributed by atoms with Crippen LogP contribution in [-0.4, -0.2) is 6.54 Å². The van der Waals surface area contributed by atoms with Gasteiger partial charge < -0.3 is 5.32 Å². The van der Waals surface area contributed by atoms with Crippen LogP contribution in [0.25, 0.3) is 0 Å². The summed E-state index contributed by atoms with van der Waals surface area (Å²) in [5.41, 5.74) is 0.635. The van der Waals surface area contributed by atoms with Crippen LogP contribution in [0.3, 0.4) is 0 Å². The Balaban J connectivity index is 3.23. The molecule has 0 saturated carbocycles. The van der Waals surface area contributed by atoms with Gasteiger partial charge in [0.25, 0.3) is 0 Å². The fourth-order valence-corrected chi connectivity index (χ4v) is 1.27. The normalized spacial score (nSPS) is 9.50. The Hall–Kier alpha value is -0.830. The molecule has 1 aromatic carbocycles. The summed E-state index contributed by atoms with van der Waals surface area (Å²) in [7, 11) is 0. The molecule has 0 radical (unpaired) electrons. The lowest BCUT2D eigenvalue weighted by Crippen LogP contribution is -2.08. The van der Waals surface area contributed by atoms with Crippen LogP contribution in [0, 0.1) is 0 Å². The minimum Gasteiger partial charge on any atom is -0.382 e. The van der Waals surface area contributed by atoms with Gasteiger partial charge in [0.15, 0.2) is 0 Å². The first kappa shape index (κ1) is 9.26. The van der Waals surface area contributed by atoms with E-state index in [4.69, 9.17) is 0 Å². The first-order valence-electron chi connectivity index (χ1n) is 3.78. The zero-order chi connectivity index (χ0) is 8.97. The van der Waals surface area contributed by atoms with Crippen molar-refractivity contribution >= 4 is 21.6 Å². The maximum atomic E-state index is 11.4. The molecule has 0 amide bonds. The molecule has 2 nitrogen and oxygen atoms in total. The van der Waals surface area contributed by atoms with Crippen molar-refractivity contribution < 1.29 is 0 Å². The maximum absolute atomic E-state index is 11.4. The third kappa shape index (κ3) is 2.08. The minimum atomic E-state index is 0.00171. The monoisotopic (exact) mass is 227 g/mol. The Labute approximate surface area is 79.8 Å². The molecule has 0 aliphatic rings. The Morgan fingerprint density at radius 2 is 2.08 bits per heavy atom. The van der Waals surface area contributed by atoms with Crippen molar-refractivity contribution in [1.29, 1.82) is 0 Å². The van der Waals surface area contributed by atoms with Crippen molar-refractivity contribution in [1.82, 2.24) is 0 Å². The highest BCUT2D eigenvalue weighted by Crippen LogP contribution is 2.05. The van der Waals surface area contributed by atoms with Gasteiger partial charge in [0.05, 0.1) is 10.2 Å². The van der Waals surface area contributed by atoms with E-state index in [2.05, 4.69) is 21.2 Å². The molecular weight excluding hydrogens is 218 g/mol. The largest absolute Gasteiger partial charge is 0.382 e. The average molecular weight is 228 g/mol. The number of hydrogen-bond donors (Lipinski definition) is 1. The van der Waals surface area contributed by atoms with Crippen molar-refractivity contribution in [3.05, 3.63) is 39.0 Å². The predicted octanol–water partition coefficient (Wildman–Crippen LogP) is 2.24. The lowest BCUT2D eigenvalue weighted by atomic mass is 10.4. The second-order valence-electron chi connectivity index (χ2n) is 2.34. The maximum Gasteiger partial charge on any atom is 0.215 e. The molecule has 0 aromatic heterocycles. The Bertz CT molecular complexity index is 325. The Morgan fingerprint density at radius 3 is 2.75 bits per heavy atom. The molecule has 0 atom stereocenters. The van der Waals surface area contributed by atoms with Crippen LogP contribution in [0.2, 0.25) is 0 Å². The van der Waals surface area contributed by atoms with Crippen LogP contribution in [0.4, 0.5) is 5.69 Å². The van der Waals surface area contributed by atoms with Crippen LogP contribution < -0.4 is 10.7 Å². The van der Waals surface area contributed by atoms with Gasteiger partial charge >= 0.3 is 0 Å². The summed E-state index contributed by atoms with van der Waals surface area (Å²) in [5, 5.41) is 2.99. The summed E-state index contributed by atoms with van der Waals surface area (Å²) in [6, 6.07) is 7.18. The van der Waals surface area contributed by atoms with Crippen molar-refractivity contribution in [3.8, 4) is 0 Å². The van der Waals surface area contributed by atoms with Crippen LogP contribution in [0.1, 0.15) is 6.92 Å². The van der Waals surface area contributed by atoms with E-state index in [-0.39, 0.29) is 5.43 Å². The number of rotatable bonds is 2. The topological polar surface area (TPSA) is 29.1 Å². The molecule has 0 saturated heterocycles. The smallest absolute Gasteiger partial charge is 0.215 e. The number of halogens is 1. The summed E-state index contributed by atoms with van der Waals surface area (Å²) in [4.78, 5) is 11.4. The van der Waals surface area contributed by atoms with Gasteiger partial charge in [-0.3, -0.25) is 4.79 Å². The zero-order valence-electron chi connectivity index (χ0n) is 6.80. The van der Waals surface area contributed by atoms with Crippen LogP contribution in [0.15, 0.2) is 33.5 Å². The first-order chi connectivity index (χ1) is 5.75. The minimum absolute atomic E-state index is 0.00171. The summed E-state index contributed by atoms with van der Waals surface area (Å²) in [6.45, 7) is 2.71. The predicted molar refractivity (Wildman–Crippen MR) is 54.6 cm³/mol. The highest BCUT2D eigenvalue weighted by molar-refractivity contribution is 9.10. The zero-order valence-corrected chi connectivity index (χ0v) is 8.39. The Kier molecular flexibility index (Phi) is 3.29. The molecule has 12 heavy (non-hydrogen) atoms. The number of hydrogen-bond acceptors (Lipinski definition) is 2. The molecule has 0 bridgehead atoms. The molecule has 1 aromatic rings. The molecule has 0 heterocycles. The van der Waals surface area contributed by atoms with E-state index in [1.807, 2.05) is 19.1 Å². The fourth-order valence-electron chi connectivity index (χ4n) is 0.901. The molecule has 0 aliphatic heterocycles. The molecule has 0 spiro atoms. The molecule has 0 unspecified atom stereocenters. The van der Waals surface area contributed by atoms with Gasteiger partial charge in [-0.05, 0) is 35.0 Å². The molecular formula is C9H10BrNO. The van der Waals surface area contributed by atoms with Gasteiger partial charge in [-0.2, -0.15) is 0 Å². The van der Waals surface area contributed by atoms with Gasteiger partial charge in [-0.1, -0.05) is 12.1 Å². The van der Waals surface area contributed by atoms with E-state index in [1.54, 1.807) is 12.1 Å². The fraction of sp³-hybridized carbons (Fsp3) is 0.222. The average Bonchev–Trinajstić information content (AvgIpc) is 2.20. The molecule has 0 aliphatic carbocycles. The lowest BCUT2D eigenvalue weighted by Gasteiger charge is -1.96. The van der Waals surface area contributed by atoms with Crippen LogP contribution >= 0.6 is 15.9 Å². The van der Waals surface area contributed by atoms with Crippen molar-refractivity contribution in [2.24, 2.45) is 0 Å². The third-order valence-electron chi connectivity index (χ3n) is 1.45. The van der Waals surface area contributed by atoms with Crippen LogP contribution in [0.5, 0.6) is 0 Å². The lowest BCUT2D eigenvalue weighted by molar-refractivity contribution is 1.21. The van der Waals surface area contributed by atoms with Gasteiger partial charge in [0.1, 0.15) is 0 Å². The van der Waals surface area contributed by atoms with Gasteiger partial charge in [0.2, 0.25) is 5.43 Å². The highest BCUT2D eigenvalue weighted by atomic mass is 79.9. The van der Waals surface area contributed by atoms with Gasteiger partial charge in [-0.15, -0.1) is 0 Å². The first-order valence-corrected chi connectivity index (χ1v) is 4.57. The van der Waals surface area contributed by atoms with E-state index in [9.17, 15) is 4.79 Å². The van der Waals surface area contributed by atoms with E-state index in [0.717, 1.165) is 6.54 Å². The van der Waals surface area contributed by atoms with E-state index < -0.39 is 0 Å². The molecule has 1 rings (SSSR count). The van der Waals surface area contributed by atoms with Gasteiger partial charge in [0, 0.05) is 6.54 Å². The summed E-state index contributed by atoms with van der Waals surface area (Å²) < 4.78 is 0.587. The van der Waals surface area contributed by atoms with Crippen LogP contribution in [-0.2, 0) is 0 Å². The molecule has 3 heteroatoms. The third-order valence-corrected chi connectivity index (χ3v) is 2.07. The molecule has 64 valence electrons. The second-order valence-corrected chi connectivity index (χ2v) is 3.19. The number of nitrogens with one attached hydrogen (secondary N) is 1. The summed E-state index contributed by atoms with van der Waals surface area (Å²) >= 11 is 3.19. The molecule has 1 N–H and O–H groups in total. The standard InChI is InChI=1S/C9H10BrNO/c1-2-11-8-6-4-3-5-7(10)9(8)12/h3-6H,2H2,1H3,(H,11,12). The van der Waals surface area contributed by atoms with E-state index >= 15 is 0 Å². The van der Waals surface area contributed by atoms with Crippen molar-refractivity contribution in [2.75, 3.05) is 11.9 Å². The second kappa shape index (κ2) is 4.26. The highest BCUT2D eigenvalue weighted by Gasteiger charge is 1.97. The number of anilines is 1. The SMILES string of the molecule is CCNc1ccccc(Br)c1=O.